The fraction of sp³-hybridized carbons (Fsp3) is 0.231. The van der Waals surface area contributed by atoms with E-state index < -0.39 is 0 Å². The highest BCUT2D eigenvalue weighted by Gasteiger charge is 2.45. The number of hydrogen-bond acceptors (Lipinski definition) is 5. The molecule has 2 aromatic rings. The molecule has 3 heterocycles. The third kappa shape index (κ3) is 2.42. The molecule has 7 heteroatoms. The van der Waals surface area contributed by atoms with Crippen molar-refractivity contribution in [3.63, 3.8) is 0 Å². The van der Waals surface area contributed by atoms with Crippen LogP contribution in [0, 0.1) is 5.92 Å². The first kappa shape index (κ1) is 14.2. The minimum absolute atomic E-state index is 0. The summed E-state index contributed by atoms with van der Waals surface area (Å²) in [5, 5.41) is 0. The number of pyridine rings is 1. The molecule has 2 N–H and O–H groups in total. The van der Waals surface area contributed by atoms with Gasteiger partial charge in [0.15, 0.2) is 0 Å². The van der Waals surface area contributed by atoms with Crippen LogP contribution in [0.5, 0.6) is 0 Å². The predicted octanol–water partition coefficient (Wildman–Crippen LogP) is 0.956. The second-order valence-electron chi connectivity index (χ2n) is 4.41. The third-order valence-corrected chi connectivity index (χ3v) is 3.28. The van der Waals surface area contributed by atoms with Crippen molar-refractivity contribution in [1.29, 1.82) is 0 Å². The largest absolute Gasteiger partial charge is 0.369 e. The lowest BCUT2D eigenvalue weighted by Crippen LogP contribution is -2.55. The number of amides is 1. The normalized spacial score (nSPS) is 20.7. The number of rotatable bonds is 3. The smallest absolute Gasteiger partial charge is 0.225 e. The molecule has 0 aromatic carbocycles. The molecule has 1 aliphatic heterocycles. The first-order valence-electron chi connectivity index (χ1n) is 6.01. The Morgan fingerprint density at radius 1 is 1.15 bits per heavy atom. The number of nitrogens with zero attached hydrogens (tertiary/aromatic N) is 4. The van der Waals surface area contributed by atoms with Crippen LogP contribution in [0.25, 0.3) is 0 Å². The predicted molar refractivity (Wildman–Crippen MR) is 76.3 cm³/mol. The van der Waals surface area contributed by atoms with Crippen LogP contribution in [0.2, 0.25) is 0 Å². The van der Waals surface area contributed by atoms with Crippen molar-refractivity contribution in [2.75, 3.05) is 11.4 Å². The van der Waals surface area contributed by atoms with Gasteiger partial charge in [0.2, 0.25) is 11.9 Å². The number of aromatic nitrogens is 3. The van der Waals surface area contributed by atoms with Gasteiger partial charge in [-0.25, -0.2) is 9.97 Å². The number of primary amides is 1. The Morgan fingerprint density at radius 2 is 1.85 bits per heavy atom. The molecular weight excluding hydrogens is 278 g/mol. The van der Waals surface area contributed by atoms with Gasteiger partial charge < -0.3 is 10.6 Å². The van der Waals surface area contributed by atoms with E-state index in [4.69, 9.17) is 5.73 Å². The lowest BCUT2D eigenvalue weighted by molar-refractivity contribution is -0.124. The maximum Gasteiger partial charge on any atom is 0.225 e. The standard InChI is InChI=1S/C13H13N5O.ClH/c14-12(19)9-8-18(13-16-6-3-7-17-13)11(9)10-4-1-2-5-15-10;/h1-7,9,11H,8H2,(H2,14,19);1H. The Morgan fingerprint density at radius 3 is 2.45 bits per heavy atom. The van der Waals surface area contributed by atoms with Gasteiger partial charge in [0.25, 0.3) is 0 Å². The summed E-state index contributed by atoms with van der Waals surface area (Å²) >= 11 is 0. The Balaban J connectivity index is 0.00000147. The van der Waals surface area contributed by atoms with Crippen molar-refractivity contribution >= 4 is 24.3 Å². The van der Waals surface area contributed by atoms with Crippen LogP contribution in [0.1, 0.15) is 11.7 Å². The number of carbonyl (C=O) groups excluding carboxylic acids is 1. The van der Waals surface area contributed by atoms with Gasteiger partial charge in [-0.3, -0.25) is 9.78 Å². The summed E-state index contributed by atoms with van der Waals surface area (Å²) in [6.07, 6.45) is 5.06. The molecule has 2 atom stereocenters. The van der Waals surface area contributed by atoms with E-state index in [2.05, 4.69) is 15.0 Å². The van der Waals surface area contributed by atoms with Gasteiger partial charge in [-0.15, -0.1) is 12.4 Å². The molecule has 0 aliphatic carbocycles. The summed E-state index contributed by atoms with van der Waals surface area (Å²) in [5.41, 5.74) is 6.24. The second-order valence-corrected chi connectivity index (χ2v) is 4.41. The Kier molecular flexibility index (Phi) is 4.14. The Bertz CT molecular complexity index is 580. The molecule has 104 valence electrons. The summed E-state index contributed by atoms with van der Waals surface area (Å²) in [5.74, 6) is 0.0252. The molecule has 0 saturated carbocycles. The minimum Gasteiger partial charge on any atom is -0.369 e. The summed E-state index contributed by atoms with van der Waals surface area (Å²) in [4.78, 5) is 26.1. The zero-order valence-corrected chi connectivity index (χ0v) is 11.4. The number of anilines is 1. The molecule has 2 aromatic heterocycles. The first-order chi connectivity index (χ1) is 9.27. The van der Waals surface area contributed by atoms with Crippen LogP contribution >= 0.6 is 12.4 Å². The van der Waals surface area contributed by atoms with Gasteiger partial charge >= 0.3 is 0 Å². The Labute approximate surface area is 122 Å². The van der Waals surface area contributed by atoms with Gasteiger partial charge in [-0.05, 0) is 18.2 Å². The van der Waals surface area contributed by atoms with Crippen LogP contribution in [0.4, 0.5) is 5.95 Å². The van der Waals surface area contributed by atoms with Gasteiger partial charge in [-0.1, -0.05) is 6.07 Å². The zero-order chi connectivity index (χ0) is 13.2. The molecule has 0 radical (unpaired) electrons. The van der Waals surface area contributed by atoms with E-state index in [-0.39, 0.29) is 30.3 Å². The summed E-state index contributed by atoms with van der Waals surface area (Å²) in [7, 11) is 0. The van der Waals surface area contributed by atoms with Crippen LogP contribution in [-0.2, 0) is 4.79 Å². The van der Waals surface area contributed by atoms with E-state index in [1.807, 2.05) is 23.1 Å². The number of nitrogens with two attached hydrogens (primary N) is 1. The molecule has 6 nitrogen and oxygen atoms in total. The second kappa shape index (κ2) is 5.83. The van der Waals surface area contributed by atoms with E-state index in [0.29, 0.717) is 12.5 Å². The van der Waals surface area contributed by atoms with Crippen LogP contribution in [0.15, 0.2) is 42.9 Å². The van der Waals surface area contributed by atoms with E-state index in [9.17, 15) is 4.79 Å². The van der Waals surface area contributed by atoms with Gasteiger partial charge in [0.05, 0.1) is 17.7 Å². The fourth-order valence-electron chi connectivity index (χ4n) is 2.31. The quantitative estimate of drug-likeness (QED) is 0.910. The molecule has 1 fully saturated rings. The topological polar surface area (TPSA) is 85.0 Å². The van der Waals surface area contributed by atoms with Crippen LogP contribution < -0.4 is 10.6 Å². The van der Waals surface area contributed by atoms with Crippen molar-refractivity contribution in [2.45, 2.75) is 6.04 Å². The van der Waals surface area contributed by atoms with Crippen molar-refractivity contribution in [2.24, 2.45) is 11.7 Å². The average molecular weight is 292 g/mol. The molecule has 0 spiro atoms. The average Bonchev–Trinajstić information content (AvgIpc) is 2.39. The van der Waals surface area contributed by atoms with Crippen molar-refractivity contribution in [1.82, 2.24) is 15.0 Å². The van der Waals surface area contributed by atoms with E-state index >= 15 is 0 Å². The molecule has 3 rings (SSSR count). The monoisotopic (exact) mass is 291 g/mol. The molecule has 2 unspecified atom stereocenters. The highest BCUT2D eigenvalue weighted by atomic mass is 35.5. The third-order valence-electron chi connectivity index (χ3n) is 3.28. The summed E-state index contributed by atoms with van der Waals surface area (Å²) in [6.45, 7) is 0.528. The molecule has 1 saturated heterocycles. The maximum atomic E-state index is 11.5. The number of halogens is 1. The van der Waals surface area contributed by atoms with Gasteiger partial charge in [0, 0.05) is 25.1 Å². The molecule has 20 heavy (non-hydrogen) atoms. The number of carbonyl (C=O) groups is 1. The fourth-order valence-corrected chi connectivity index (χ4v) is 2.31. The van der Waals surface area contributed by atoms with Crippen molar-refractivity contribution in [3.8, 4) is 0 Å². The van der Waals surface area contributed by atoms with E-state index in [0.717, 1.165) is 5.69 Å². The SMILES string of the molecule is Cl.NC(=O)C1CN(c2ncccn2)C1c1ccccn1. The molecular formula is C13H14ClN5O. The highest BCUT2D eigenvalue weighted by molar-refractivity contribution is 5.85. The van der Waals surface area contributed by atoms with Crippen LogP contribution in [0.3, 0.4) is 0 Å². The van der Waals surface area contributed by atoms with Crippen molar-refractivity contribution < 1.29 is 4.79 Å². The Hall–Kier alpha value is -2.21. The van der Waals surface area contributed by atoms with E-state index in [1.165, 1.54) is 0 Å². The molecule has 0 bridgehead atoms. The zero-order valence-electron chi connectivity index (χ0n) is 10.6. The summed E-state index contributed by atoms with van der Waals surface area (Å²) in [6, 6.07) is 7.19. The maximum absolute atomic E-state index is 11.5. The van der Waals surface area contributed by atoms with Crippen molar-refractivity contribution in [3.05, 3.63) is 48.5 Å². The lowest BCUT2D eigenvalue weighted by atomic mass is 9.85. The summed E-state index contributed by atoms with van der Waals surface area (Å²) < 4.78 is 0. The number of hydrogen-bond donors (Lipinski definition) is 1. The highest BCUT2D eigenvalue weighted by Crippen LogP contribution is 2.39. The first-order valence-corrected chi connectivity index (χ1v) is 6.01. The van der Waals surface area contributed by atoms with Gasteiger partial charge in [0.1, 0.15) is 0 Å². The van der Waals surface area contributed by atoms with E-state index in [1.54, 1.807) is 24.7 Å². The minimum atomic E-state index is -0.317. The molecule has 1 aliphatic rings. The molecule has 1 amide bonds. The van der Waals surface area contributed by atoms with Crippen LogP contribution in [-0.4, -0.2) is 27.4 Å². The lowest BCUT2D eigenvalue weighted by Gasteiger charge is -2.46. The van der Waals surface area contributed by atoms with Gasteiger partial charge in [-0.2, -0.15) is 0 Å².